The van der Waals surface area contributed by atoms with Crippen molar-refractivity contribution < 1.29 is 9.53 Å². The summed E-state index contributed by atoms with van der Waals surface area (Å²) in [5, 5.41) is 1.64. The second-order valence-corrected chi connectivity index (χ2v) is 7.10. The molecule has 1 heterocycles. The molecule has 0 saturated carbocycles. The van der Waals surface area contributed by atoms with Gasteiger partial charge < -0.3 is 4.74 Å². The Morgan fingerprint density at radius 1 is 1.00 bits per heavy atom. The second kappa shape index (κ2) is 6.65. The molecule has 4 heteroatoms. The van der Waals surface area contributed by atoms with Crippen LogP contribution in [0.4, 0.5) is 4.79 Å². The largest absolute Gasteiger partial charge is 0.443 e. The van der Waals surface area contributed by atoms with Crippen LogP contribution in [0.5, 0.6) is 0 Å². The van der Waals surface area contributed by atoms with Crippen LogP contribution in [0.3, 0.4) is 0 Å². The van der Waals surface area contributed by atoms with Crippen molar-refractivity contribution in [2.45, 2.75) is 44.9 Å². The van der Waals surface area contributed by atoms with Gasteiger partial charge in [-0.25, -0.2) is 15.2 Å². The average Bonchev–Trinajstić information content (AvgIpc) is 3.00. The predicted molar refractivity (Wildman–Crippen MR) is 94.2 cm³/mol. The van der Waals surface area contributed by atoms with E-state index >= 15 is 0 Å². The summed E-state index contributed by atoms with van der Waals surface area (Å²) in [6.45, 7) is 5.65. The van der Waals surface area contributed by atoms with E-state index in [0.717, 1.165) is 12.0 Å². The molecule has 1 fully saturated rings. The zero-order chi connectivity index (χ0) is 17.2. The molecule has 0 radical (unpaired) electrons. The van der Waals surface area contributed by atoms with Gasteiger partial charge in [-0.1, -0.05) is 60.7 Å². The van der Waals surface area contributed by atoms with Gasteiger partial charge in [0.05, 0.1) is 12.1 Å². The quantitative estimate of drug-likeness (QED) is 0.877. The minimum Gasteiger partial charge on any atom is -0.443 e. The maximum Gasteiger partial charge on any atom is 0.425 e. The summed E-state index contributed by atoms with van der Waals surface area (Å²) in [7, 11) is 0. The van der Waals surface area contributed by atoms with Crippen LogP contribution in [-0.2, 0) is 4.74 Å². The highest BCUT2D eigenvalue weighted by atomic mass is 16.6. The molecule has 3 rings (SSSR count). The van der Waals surface area contributed by atoms with Crippen molar-refractivity contribution in [2.24, 2.45) is 0 Å². The van der Waals surface area contributed by atoms with Crippen molar-refractivity contribution >= 4 is 6.09 Å². The fraction of sp³-hybridized carbons (Fsp3) is 0.350. The van der Waals surface area contributed by atoms with Crippen molar-refractivity contribution in [3.05, 3.63) is 71.8 Å². The van der Waals surface area contributed by atoms with Crippen LogP contribution >= 0.6 is 0 Å². The lowest BCUT2D eigenvalue weighted by Crippen LogP contribution is -2.42. The Kier molecular flexibility index (Phi) is 4.58. The van der Waals surface area contributed by atoms with Crippen molar-refractivity contribution in [3.63, 3.8) is 0 Å². The van der Waals surface area contributed by atoms with E-state index in [9.17, 15) is 4.79 Å². The Labute approximate surface area is 143 Å². The van der Waals surface area contributed by atoms with Gasteiger partial charge in [0.15, 0.2) is 0 Å². The Morgan fingerprint density at radius 3 is 2.08 bits per heavy atom. The standard InChI is InChI=1S/C20H24N2O2/c1-20(2,3)24-19(23)22-18(16-12-8-5-9-13-16)14-17(21-22)15-10-6-4-7-11-15/h4-13,17-18,21H,14H2,1-3H3. The van der Waals surface area contributed by atoms with E-state index in [0.29, 0.717) is 0 Å². The lowest BCUT2D eigenvalue weighted by Gasteiger charge is -2.28. The molecule has 1 saturated heterocycles. The highest BCUT2D eigenvalue weighted by Gasteiger charge is 2.38. The molecule has 1 aliphatic heterocycles. The van der Waals surface area contributed by atoms with Gasteiger partial charge in [-0.05, 0) is 38.3 Å². The topological polar surface area (TPSA) is 41.6 Å². The summed E-state index contributed by atoms with van der Waals surface area (Å²) in [6.07, 6.45) is 0.475. The number of benzene rings is 2. The van der Waals surface area contributed by atoms with Crippen molar-refractivity contribution in [1.29, 1.82) is 0 Å². The molecule has 2 unspecified atom stereocenters. The molecule has 1 amide bonds. The number of rotatable bonds is 2. The Bertz CT molecular complexity index is 680. The number of amides is 1. The molecule has 0 spiro atoms. The molecule has 0 bridgehead atoms. The molecule has 2 atom stereocenters. The molecular weight excluding hydrogens is 300 g/mol. The summed E-state index contributed by atoms with van der Waals surface area (Å²) >= 11 is 0. The van der Waals surface area contributed by atoms with Crippen LogP contribution in [-0.4, -0.2) is 16.7 Å². The van der Waals surface area contributed by atoms with E-state index in [1.807, 2.05) is 57.2 Å². The van der Waals surface area contributed by atoms with Gasteiger partial charge in [-0.15, -0.1) is 0 Å². The third kappa shape index (κ3) is 3.77. The third-order valence-electron chi connectivity index (χ3n) is 4.04. The van der Waals surface area contributed by atoms with E-state index in [4.69, 9.17) is 4.74 Å². The molecule has 2 aromatic rings. The first-order valence-corrected chi connectivity index (χ1v) is 8.32. The Morgan fingerprint density at radius 2 is 1.54 bits per heavy atom. The minimum atomic E-state index is -0.523. The molecule has 126 valence electrons. The number of hydrogen-bond acceptors (Lipinski definition) is 3. The first-order valence-electron chi connectivity index (χ1n) is 8.32. The lowest BCUT2D eigenvalue weighted by atomic mass is 9.97. The molecule has 1 aliphatic rings. The van der Waals surface area contributed by atoms with Gasteiger partial charge in [0.1, 0.15) is 5.60 Å². The Hall–Kier alpha value is -2.33. The maximum atomic E-state index is 12.7. The van der Waals surface area contributed by atoms with Gasteiger partial charge in [-0.3, -0.25) is 0 Å². The highest BCUT2D eigenvalue weighted by Crippen LogP contribution is 2.37. The average molecular weight is 324 g/mol. The van der Waals surface area contributed by atoms with Gasteiger partial charge >= 0.3 is 6.09 Å². The number of nitrogens with one attached hydrogen (secondary N) is 1. The van der Waals surface area contributed by atoms with Crippen LogP contribution < -0.4 is 5.43 Å². The fourth-order valence-corrected chi connectivity index (χ4v) is 2.99. The number of hydrogen-bond donors (Lipinski definition) is 1. The second-order valence-electron chi connectivity index (χ2n) is 7.10. The van der Waals surface area contributed by atoms with Crippen LogP contribution in [0, 0.1) is 0 Å². The van der Waals surface area contributed by atoms with Crippen LogP contribution in [0.1, 0.15) is 50.4 Å². The van der Waals surface area contributed by atoms with Crippen LogP contribution in [0.2, 0.25) is 0 Å². The zero-order valence-corrected chi connectivity index (χ0v) is 14.4. The van der Waals surface area contributed by atoms with E-state index in [1.165, 1.54) is 5.56 Å². The summed E-state index contributed by atoms with van der Waals surface area (Å²) in [6, 6.07) is 20.3. The van der Waals surface area contributed by atoms with Crippen molar-refractivity contribution in [1.82, 2.24) is 10.4 Å². The van der Waals surface area contributed by atoms with Gasteiger partial charge in [0.25, 0.3) is 0 Å². The van der Waals surface area contributed by atoms with Crippen LogP contribution in [0.25, 0.3) is 0 Å². The molecule has 2 aromatic carbocycles. The normalized spacial score (nSPS) is 20.9. The van der Waals surface area contributed by atoms with Crippen molar-refractivity contribution in [3.8, 4) is 0 Å². The number of nitrogens with zero attached hydrogens (tertiary/aromatic N) is 1. The van der Waals surface area contributed by atoms with Crippen LogP contribution in [0.15, 0.2) is 60.7 Å². The van der Waals surface area contributed by atoms with E-state index in [-0.39, 0.29) is 18.2 Å². The number of carbonyl (C=O) groups excluding carboxylic acids is 1. The maximum absolute atomic E-state index is 12.7. The molecular formula is C20H24N2O2. The lowest BCUT2D eigenvalue weighted by molar-refractivity contribution is 0.0111. The predicted octanol–water partition coefficient (Wildman–Crippen LogP) is 4.61. The smallest absolute Gasteiger partial charge is 0.425 e. The molecule has 1 N–H and O–H groups in total. The SMILES string of the molecule is CC(C)(C)OC(=O)N1NC(c2ccccc2)CC1c1ccccc1. The molecule has 4 nitrogen and oxygen atoms in total. The Balaban J connectivity index is 1.87. The summed E-state index contributed by atoms with van der Waals surface area (Å²) in [4.78, 5) is 12.7. The number of carbonyl (C=O) groups is 1. The first-order chi connectivity index (χ1) is 11.4. The number of hydrazine groups is 1. The highest BCUT2D eigenvalue weighted by molar-refractivity contribution is 5.69. The monoisotopic (exact) mass is 324 g/mol. The number of ether oxygens (including phenoxy) is 1. The van der Waals surface area contributed by atoms with Gasteiger partial charge in [-0.2, -0.15) is 0 Å². The summed E-state index contributed by atoms with van der Waals surface area (Å²) in [5.41, 5.74) is 5.09. The molecule has 0 aliphatic carbocycles. The van der Waals surface area contributed by atoms with E-state index < -0.39 is 5.60 Å². The summed E-state index contributed by atoms with van der Waals surface area (Å²) in [5.74, 6) is 0. The summed E-state index contributed by atoms with van der Waals surface area (Å²) < 4.78 is 5.58. The molecule has 0 aromatic heterocycles. The van der Waals surface area contributed by atoms with Gasteiger partial charge in [0, 0.05) is 0 Å². The zero-order valence-electron chi connectivity index (χ0n) is 14.4. The third-order valence-corrected chi connectivity index (χ3v) is 4.04. The molecule has 24 heavy (non-hydrogen) atoms. The van der Waals surface area contributed by atoms with E-state index in [1.54, 1.807) is 5.01 Å². The van der Waals surface area contributed by atoms with Crippen molar-refractivity contribution in [2.75, 3.05) is 0 Å². The fourth-order valence-electron chi connectivity index (χ4n) is 2.99. The van der Waals surface area contributed by atoms with Gasteiger partial charge in [0.2, 0.25) is 0 Å². The minimum absolute atomic E-state index is 0.0498. The first kappa shape index (κ1) is 16.5. The van der Waals surface area contributed by atoms with E-state index in [2.05, 4.69) is 29.7 Å².